The van der Waals surface area contributed by atoms with Crippen LogP contribution in [0.2, 0.25) is 0 Å². The zero-order valence-electron chi connectivity index (χ0n) is 5.99. The van der Waals surface area contributed by atoms with Crippen molar-refractivity contribution in [1.82, 2.24) is 4.90 Å². The van der Waals surface area contributed by atoms with Crippen molar-refractivity contribution in [2.24, 2.45) is 5.73 Å². The van der Waals surface area contributed by atoms with E-state index in [1.807, 2.05) is 0 Å². The van der Waals surface area contributed by atoms with Crippen molar-refractivity contribution in [3.05, 3.63) is 12.7 Å². The average molecular weight is 158 g/mol. The number of hydrogen-bond acceptors (Lipinski definition) is 3. The Morgan fingerprint density at radius 2 is 2.18 bits per heavy atom. The number of urea groups is 1. The van der Waals surface area contributed by atoms with Gasteiger partial charge < -0.3 is 10.8 Å². The molecule has 5 heteroatoms. The summed E-state index contributed by atoms with van der Waals surface area (Å²) in [5.41, 5.74) is 4.81. The first-order chi connectivity index (χ1) is 5.13. The van der Waals surface area contributed by atoms with Crippen molar-refractivity contribution >= 4 is 11.9 Å². The highest BCUT2D eigenvalue weighted by Crippen LogP contribution is 1.88. The van der Waals surface area contributed by atoms with E-state index >= 15 is 0 Å². The van der Waals surface area contributed by atoms with Crippen LogP contribution in [-0.2, 0) is 4.79 Å². The van der Waals surface area contributed by atoms with Crippen LogP contribution < -0.4 is 5.73 Å². The lowest BCUT2D eigenvalue weighted by molar-refractivity contribution is -0.123. The van der Waals surface area contributed by atoms with Gasteiger partial charge in [-0.15, -0.1) is 0 Å². The van der Waals surface area contributed by atoms with E-state index in [0.717, 1.165) is 6.08 Å². The van der Waals surface area contributed by atoms with E-state index in [0.29, 0.717) is 4.90 Å². The minimum absolute atomic E-state index is 0.0970. The van der Waals surface area contributed by atoms with Crippen molar-refractivity contribution in [2.75, 3.05) is 13.2 Å². The van der Waals surface area contributed by atoms with Gasteiger partial charge in [0.15, 0.2) is 0 Å². The Morgan fingerprint density at radius 1 is 1.64 bits per heavy atom. The highest BCUT2D eigenvalue weighted by Gasteiger charge is 2.13. The number of nitrogens with two attached hydrogens (primary N) is 1. The average Bonchev–Trinajstić information content (AvgIpc) is 1.98. The number of imide groups is 1. The van der Waals surface area contributed by atoms with Crippen LogP contribution in [0, 0.1) is 0 Å². The van der Waals surface area contributed by atoms with Gasteiger partial charge in [-0.1, -0.05) is 6.58 Å². The number of amides is 3. The second kappa shape index (κ2) is 4.45. The Kier molecular flexibility index (Phi) is 3.90. The third kappa shape index (κ3) is 2.81. The standard InChI is InChI=1S/C6H10N2O3/c1-2-5(10)8(3-4-9)6(7)11/h2,9H,1,3-4H2,(H2,7,11). The van der Waals surface area contributed by atoms with Crippen LogP contribution in [-0.4, -0.2) is 35.1 Å². The number of carbonyl (C=O) groups is 2. The molecule has 0 radical (unpaired) electrons. The maximum absolute atomic E-state index is 10.7. The molecule has 5 nitrogen and oxygen atoms in total. The van der Waals surface area contributed by atoms with E-state index in [1.165, 1.54) is 0 Å². The van der Waals surface area contributed by atoms with Gasteiger partial charge in [0.25, 0.3) is 5.91 Å². The van der Waals surface area contributed by atoms with E-state index in [1.54, 1.807) is 0 Å². The number of primary amides is 1. The van der Waals surface area contributed by atoms with E-state index in [-0.39, 0.29) is 13.2 Å². The Morgan fingerprint density at radius 3 is 2.45 bits per heavy atom. The SMILES string of the molecule is C=CC(=O)N(CCO)C(N)=O. The van der Waals surface area contributed by atoms with E-state index < -0.39 is 11.9 Å². The molecule has 0 unspecified atom stereocenters. The molecule has 0 spiro atoms. The van der Waals surface area contributed by atoms with Crippen LogP contribution in [0.5, 0.6) is 0 Å². The molecule has 0 aliphatic carbocycles. The number of hydrogen-bond donors (Lipinski definition) is 2. The molecule has 11 heavy (non-hydrogen) atoms. The Hall–Kier alpha value is -1.36. The topological polar surface area (TPSA) is 83.6 Å². The predicted molar refractivity (Wildman–Crippen MR) is 38.6 cm³/mol. The van der Waals surface area contributed by atoms with Crippen molar-refractivity contribution in [3.8, 4) is 0 Å². The van der Waals surface area contributed by atoms with Gasteiger partial charge in [0.05, 0.1) is 13.2 Å². The summed E-state index contributed by atoms with van der Waals surface area (Å²) in [5.74, 6) is -0.605. The summed E-state index contributed by atoms with van der Waals surface area (Å²) in [6.45, 7) is 2.77. The summed E-state index contributed by atoms with van der Waals surface area (Å²) in [6, 6.07) is -0.885. The quantitative estimate of drug-likeness (QED) is 0.520. The van der Waals surface area contributed by atoms with E-state index in [9.17, 15) is 9.59 Å². The first-order valence-corrected chi connectivity index (χ1v) is 2.97. The van der Waals surface area contributed by atoms with E-state index in [4.69, 9.17) is 10.8 Å². The van der Waals surface area contributed by atoms with Gasteiger partial charge in [-0.3, -0.25) is 9.69 Å². The first-order valence-electron chi connectivity index (χ1n) is 2.97. The maximum Gasteiger partial charge on any atom is 0.321 e. The Balaban J connectivity index is 4.20. The molecule has 3 N–H and O–H groups in total. The molecule has 0 bridgehead atoms. The second-order valence-corrected chi connectivity index (χ2v) is 1.76. The molecule has 3 amide bonds. The summed E-state index contributed by atoms with van der Waals surface area (Å²) in [6.07, 6.45) is 0.959. The molecule has 0 saturated carbocycles. The second-order valence-electron chi connectivity index (χ2n) is 1.76. The predicted octanol–water partition coefficient (Wildman–Crippen LogP) is -0.928. The molecule has 0 aromatic rings. The molecule has 0 aromatic heterocycles. The van der Waals surface area contributed by atoms with E-state index in [2.05, 4.69) is 6.58 Å². The van der Waals surface area contributed by atoms with Gasteiger partial charge in [0, 0.05) is 0 Å². The van der Waals surface area contributed by atoms with Crippen LogP contribution >= 0.6 is 0 Å². The maximum atomic E-state index is 10.7. The fraction of sp³-hybridized carbons (Fsp3) is 0.333. The van der Waals surface area contributed by atoms with Crippen LogP contribution in [0.25, 0.3) is 0 Å². The summed E-state index contributed by atoms with van der Waals surface area (Å²) in [4.78, 5) is 21.9. The normalized spacial score (nSPS) is 8.82. The molecule has 0 atom stereocenters. The van der Waals surface area contributed by atoms with Gasteiger partial charge in [-0.25, -0.2) is 4.79 Å². The largest absolute Gasteiger partial charge is 0.395 e. The molecule has 0 saturated heterocycles. The number of aliphatic hydroxyl groups excluding tert-OH is 1. The first kappa shape index (κ1) is 9.64. The number of aliphatic hydroxyl groups is 1. The summed E-state index contributed by atoms with van der Waals surface area (Å²) >= 11 is 0. The van der Waals surface area contributed by atoms with Gasteiger partial charge in [-0.05, 0) is 6.08 Å². The lowest BCUT2D eigenvalue weighted by atomic mass is 10.5. The smallest absolute Gasteiger partial charge is 0.321 e. The highest BCUT2D eigenvalue weighted by atomic mass is 16.3. The monoisotopic (exact) mass is 158 g/mol. The van der Waals surface area contributed by atoms with Gasteiger partial charge in [0.1, 0.15) is 0 Å². The number of nitrogens with zero attached hydrogens (tertiary/aromatic N) is 1. The van der Waals surface area contributed by atoms with Crippen molar-refractivity contribution in [3.63, 3.8) is 0 Å². The van der Waals surface area contributed by atoms with Crippen LogP contribution in [0.4, 0.5) is 4.79 Å². The molecule has 62 valence electrons. The third-order valence-corrected chi connectivity index (χ3v) is 1.03. The zero-order chi connectivity index (χ0) is 8.85. The van der Waals surface area contributed by atoms with Gasteiger partial charge in [0.2, 0.25) is 0 Å². The lowest BCUT2D eigenvalue weighted by Crippen LogP contribution is -2.41. The fourth-order valence-electron chi connectivity index (χ4n) is 0.539. The molecular formula is C6H10N2O3. The molecule has 0 aliphatic heterocycles. The lowest BCUT2D eigenvalue weighted by Gasteiger charge is -2.13. The number of carbonyl (C=O) groups excluding carboxylic acids is 2. The van der Waals surface area contributed by atoms with Crippen LogP contribution in [0.1, 0.15) is 0 Å². The minimum Gasteiger partial charge on any atom is -0.395 e. The molecule has 0 fully saturated rings. The van der Waals surface area contributed by atoms with Crippen molar-refractivity contribution in [2.45, 2.75) is 0 Å². The molecule has 0 aromatic carbocycles. The molecule has 0 rings (SSSR count). The Labute approximate surface area is 64.1 Å². The summed E-state index contributed by atoms with van der Waals surface area (Å²) < 4.78 is 0. The van der Waals surface area contributed by atoms with Gasteiger partial charge >= 0.3 is 6.03 Å². The third-order valence-electron chi connectivity index (χ3n) is 1.03. The minimum atomic E-state index is -0.885. The van der Waals surface area contributed by atoms with Crippen molar-refractivity contribution in [1.29, 1.82) is 0 Å². The van der Waals surface area contributed by atoms with Gasteiger partial charge in [-0.2, -0.15) is 0 Å². The molecular weight excluding hydrogens is 148 g/mol. The van der Waals surface area contributed by atoms with Crippen LogP contribution in [0.15, 0.2) is 12.7 Å². The highest BCUT2D eigenvalue weighted by molar-refractivity contribution is 5.99. The fourth-order valence-corrected chi connectivity index (χ4v) is 0.539. The number of rotatable bonds is 3. The zero-order valence-corrected chi connectivity index (χ0v) is 5.99. The van der Waals surface area contributed by atoms with Crippen molar-refractivity contribution < 1.29 is 14.7 Å². The van der Waals surface area contributed by atoms with Crippen LogP contribution in [0.3, 0.4) is 0 Å². The summed E-state index contributed by atoms with van der Waals surface area (Å²) in [5, 5.41) is 8.39. The Bertz CT molecular complexity index is 179. The molecule has 0 aliphatic rings. The summed E-state index contributed by atoms with van der Waals surface area (Å²) in [7, 11) is 0. The molecule has 0 heterocycles.